The van der Waals surface area contributed by atoms with Gasteiger partial charge in [0.1, 0.15) is 0 Å². The Morgan fingerprint density at radius 2 is 1.59 bits per heavy atom. The highest BCUT2D eigenvalue weighted by atomic mass is 32.1. The molecule has 0 aliphatic heterocycles. The monoisotopic (exact) mass is 473 g/mol. The molecule has 0 bridgehead atoms. The number of carbonyl (C=O) groups excluding carboxylic acids is 3. The molecule has 1 N–H and O–H groups in total. The molecule has 2 amide bonds. The smallest absolute Gasteiger partial charge is 0.333 e. The van der Waals surface area contributed by atoms with Gasteiger partial charge in [0, 0.05) is 12.1 Å². The van der Waals surface area contributed by atoms with Crippen LogP contribution in [0.3, 0.4) is 0 Å². The lowest BCUT2D eigenvalue weighted by molar-refractivity contribution is -0.150. The molecule has 7 nitrogen and oxygen atoms in total. The number of hydrogen-bond acceptors (Lipinski definition) is 6. The van der Waals surface area contributed by atoms with E-state index in [1.165, 1.54) is 16.2 Å². The first-order chi connectivity index (χ1) is 16.6. The van der Waals surface area contributed by atoms with Gasteiger partial charge in [-0.2, -0.15) is 0 Å². The fraction of sp³-hybridized carbons (Fsp3) is 0.154. The topological polar surface area (TPSA) is 88.6 Å². The molecule has 0 saturated carbocycles. The summed E-state index contributed by atoms with van der Waals surface area (Å²) in [4.78, 5) is 44.6. The molecule has 8 heteroatoms. The summed E-state index contributed by atoms with van der Waals surface area (Å²) in [6.45, 7) is 1.74. The molecule has 4 aromatic rings. The van der Waals surface area contributed by atoms with Crippen LogP contribution in [-0.4, -0.2) is 35.9 Å². The van der Waals surface area contributed by atoms with Crippen LogP contribution in [0.15, 0.2) is 84.9 Å². The number of amides is 2. The number of aromatic nitrogens is 1. The van der Waals surface area contributed by atoms with Crippen LogP contribution in [0.5, 0.6) is 0 Å². The number of para-hydroxylation sites is 1. The Kier molecular flexibility index (Phi) is 7.29. The summed E-state index contributed by atoms with van der Waals surface area (Å²) in [7, 11) is 0. The minimum atomic E-state index is -1.06. The van der Waals surface area contributed by atoms with E-state index >= 15 is 0 Å². The van der Waals surface area contributed by atoms with Gasteiger partial charge in [-0.15, -0.1) is 0 Å². The maximum atomic E-state index is 13.0. The molecule has 4 rings (SSSR count). The molecule has 0 aliphatic carbocycles. The molecular weight excluding hydrogens is 450 g/mol. The summed E-state index contributed by atoms with van der Waals surface area (Å²) in [5.41, 5.74) is 1.78. The minimum Gasteiger partial charge on any atom is -0.454 e. The zero-order chi connectivity index (χ0) is 23.9. The van der Waals surface area contributed by atoms with Gasteiger partial charge in [0.25, 0.3) is 11.8 Å². The SMILES string of the molecule is CCN(C(=O)COC(=O)C(NC(=O)c1ccccc1)c1ccccc1)c1nc2ccccc2s1. The average Bonchev–Trinajstić information content (AvgIpc) is 3.31. The van der Waals surface area contributed by atoms with Crippen LogP contribution in [0, 0.1) is 0 Å². The highest BCUT2D eigenvalue weighted by Crippen LogP contribution is 2.28. The van der Waals surface area contributed by atoms with Gasteiger partial charge in [-0.1, -0.05) is 72.0 Å². The summed E-state index contributed by atoms with van der Waals surface area (Å²) in [5.74, 6) is -1.53. The normalized spacial score (nSPS) is 11.6. The molecule has 0 radical (unpaired) electrons. The zero-order valence-corrected chi connectivity index (χ0v) is 19.3. The summed E-state index contributed by atoms with van der Waals surface area (Å²) in [5, 5.41) is 3.26. The third-order valence-corrected chi connectivity index (χ3v) is 6.21. The van der Waals surface area contributed by atoms with Crippen molar-refractivity contribution in [2.75, 3.05) is 18.1 Å². The van der Waals surface area contributed by atoms with Crippen LogP contribution in [0.4, 0.5) is 5.13 Å². The molecule has 1 atom stereocenters. The predicted octanol–water partition coefficient (Wildman–Crippen LogP) is 4.36. The fourth-order valence-corrected chi connectivity index (χ4v) is 4.46. The van der Waals surface area contributed by atoms with Crippen molar-refractivity contribution in [3.8, 4) is 0 Å². The van der Waals surface area contributed by atoms with Crippen molar-refractivity contribution in [2.45, 2.75) is 13.0 Å². The zero-order valence-electron chi connectivity index (χ0n) is 18.5. The standard InChI is InChI=1S/C26H23N3O4S/c1-2-29(26-27-20-15-9-10-16-21(20)34-26)22(30)17-33-25(32)23(18-11-5-3-6-12-18)28-24(31)19-13-7-4-8-14-19/h3-16,23H,2,17H2,1H3,(H,28,31). The van der Waals surface area contributed by atoms with E-state index in [2.05, 4.69) is 10.3 Å². The first kappa shape index (κ1) is 23.1. The van der Waals surface area contributed by atoms with E-state index in [4.69, 9.17) is 4.74 Å². The maximum absolute atomic E-state index is 13.0. The van der Waals surface area contributed by atoms with E-state index in [0.717, 1.165) is 10.2 Å². The second-order valence-electron chi connectivity index (χ2n) is 7.39. The highest BCUT2D eigenvalue weighted by molar-refractivity contribution is 7.22. The van der Waals surface area contributed by atoms with E-state index < -0.39 is 30.4 Å². The van der Waals surface area contributed by atoms with Gasteiger partial charge in [0.05, 0.1) is 10.2 Å². The first-order valence-corrected chi connectivity index (χ1v) is 11.6. The number of nitrogens with zero attached hydrogens (tertiary/aromatic N) is 2. The highest BCUT2D eigenvalue weighted by Gasteiger charge is 2.27. The quantitative estimate of drug-likeness (QED) is 0.384. The fourth-order valence-electron chi connectivity index (χ4n) is 3.42. The molecule has 0 saturated heterocycles. The van der Waals surface area contributed by atoms with E-state index in [1.54, 1.807) is 54.6 Å². The largest absolute Gasteiger partial charge is 0.454 e. The Morgan fingerprint density at radius 3 is 2.26 bits per heavy atom. The Bertz CT molecular complexity index is 1260. The molecule has 0 spiro atoms. The first-order valence-electron chi connectivity index (χ1n) is 10.8. The Labute approximate surface area is 201 Å². The van der Waals surface area contributed by atoms with Crippen molar-refractivity contribution in [1.82, 2.24) is 10.3 Å². The molecule has 1 aromatic heterocycles. The minimum absolute atomic E-state index is 0.378. The van der Waals surface area contributed by atoms with Crippen molar-refractivity contribution in [2.24, 2.45) is 0 Å². The van der Waals surface area contributed by atoms with Gasteiger partial charge >= 0.3 is 5.97 Å². The Balaban J connectivity index is 1.47. The number of anilines is 1. The number of carbonyl (C=O) groups is 3. The lowest BCUT2D eigenvalue weighted by Crippen LogP contribution is -2.38. The van der Waals surface area contributed by atoms with Crippen molar-refractivity contribution in [3.63, 3.8) is 0 Å². The molecular formula is C26H23N3O4S. The number of hydrogen-bond donors (Lipinski definition) is 1. The van der Waals surface area contributed by atoms with E-state index in [0.29, 0.717) is 22.8 Å². The number of thiazole rings is 1. The molecule has 0 fully saturated rings. The van der Waals surface area contributed by atoms with E-state index in [-0.39, 0.29) is 0 Å². The Hall–Kier alpha value is -4.04. The molecule has 3 aromatic carbocycles. The second kappa shape index (κ2) is 10.7. The number of benzene rings is 3. The van der Waals surface area contributed by atoms with Crippen molar-refractivity contribution < 1.29 is 19.1 Å². The number of nitrogens with one attached hydrogen (secondary N) is 1. The van der Waals surface area contributed by atoms with Gasteiger partial charge < -0.3 is 10.1 Å². The number of likely N-dealkylation sites (N-methyl/N-ethyl adjacent to an activating group) is 1. The predicted molar refractivity (Wildman–Crippen MR) is 132 cm³/mol. The maximum Gasteiger partial charge on any atom is 0.333 e. The summed E-state index contributed by atoms with van der Waals surface area (Å²) in [6, 6.07) is 23.9. The number of esters is 1. The second-order valence-corrected chi connectivity index (χ2v) is 8.40. The summed E-state index contributed by atoms with van der Waals surface area (Å²) in [6.07, 6.45) is 0. The van der Waals surface area contributed by atoms with Crippen LogP contribution in [0.2, 0.25) is 0 Å². The van der Waals surface area contributed by atoms with Gasteiger partial charge in [-0.3, -0.25) is 14.5 Å². The summed E-state index contributed by atoms with van der Waals surface area (Å²) < 4.78 is 6.33. The van der Waals surface area contributed by atoms with Gasteiger partial charge in [-0.05, 0) is 36.8 Å². The summed E-state index contributed by atoms with van der Waals surface area (Å²) >= 11 is 1.40. The number of fused-ring (bicyclic) bond motifs is 1. The molecule has 1 unspecified atom stereocenters. The lowest BCUT2D eigenvalue weighted by Gasteiger charge is -2.20. The molecule has 172 valence electrons. The molecule has 1 heterocycles. The van der Waals surface area contributed by atoms with Gasteiger partial charge in [-0.25, -0.2) is 9.78 Å². The van der Waals surface area contributed by atoms with Crippen LogP contribution in [0.1, 0.15) is 28.9 Å². The van der Waals surface area contributed by atoms with Crippen molar-refractivity contribution in [1.29, 1.82) is 0 Å². The molecule has 34 heavy (non-hydrogen) atoms. The number of ether oxygens (including phenoxy) is 1. The van der Waals surface area contributed by atoms with E-state index in [9.17, 15) is 14.4 Å². The van der Waals surface area contributed by atoms with Crippen LogP contribution in [0.25, 0.3) is 10.2 Å². The molecule has 0 aliphatic rings. The Morgan fingerprint density at radius 1 is 0.941 bits per heavy atom. The third-order valence-electron chi connectivity index (χ3n) is 5.15. The van der Waals surface area contributed by atoms with Crippen LogP contribution >= 0.6 is 11.3 Å². The van der Waals surface area contributed by atoms with Crippen molar-refractivity contribution in [3.05, 3.63) is 96.1 Å². The third kappa shape index (κ3) is 5.29. The van der Waals surface area contributed by atoms with Gasteiger partial charge in [0.15, 0.2) is 17.8 Å². The number of rotatable bonds is 8. The van der Waals surface area contributed by atoms with Crippen LogP contribution in [-0.2, 0) is 14.3 Å². The average molecular weight is 474 g/mol. The van der Waals surface area contributed by atoms with Crippen LogP contribution < -0.4 is 10.2 Å². The van der Waals surface area contributed by atoms with Gasteiger partial charge in [0.2, 0.25) is 0 Å². The van der Waals surface area contributed by atoms with Crippen molar-refractivity contribution >= 4 is 44.5 Å². The van der Waals surface area contributed by atoms with E-state index in [1.807, 2.05) is 37.3 Å². The lowest BCUT2D eigenvalue weighted by atomic mass is 10.1.